The van der Waals surface area contributed by atoms with E-state index in [1.165, 1.54) is 11.4 Å². The fraction of sp³-hybridized carbons (Fsp3) is 0.545. The van der Waals surface area contributed by atoms with Gasteiger partial charge in [0, 0.05) is 17.7 Å². The lowest BCUT2D eigenvalue weighted by molar-refractivity contribution is 0.130. The quantitative estimate of drug-likeness (QED) is 0.821. The molecule has 0 saturated carbocycles. The molecule has 1 atom stereocenters. The third kappa shape index (κ3) is 1.65. The molecule has 0 aromatic carbocycles. The topological polar surface area (TPSA) is 38.6 Å². The fourth-order valence-electron chi connectivity index (χ4n) is 2.12. The zero-order chi connectivity index (χ0) is 11.0. The first kappa shape index (κ1) is 10.3. The van der Waals surface area contributed by atoms with Crippen molar-refractivity contribution < 1.29 is 4.74 Å². The summed E-state index contributed by atoms with van der Waals surface area (Å²) in [5, 5.41) is 5.65. The molecular formula is C11H15N3OS. The number of imidazole rings is 1. The monoisotopic (exact) mass is 237 g/mol. The first-order valence-electron chi connectivity index (χ1n) is 5.59. The molecule has 0 radical (unpaired) electrons. The molecule has 3 heterocycles. The lowest BCUT2D eigenvalue weighted by Gasteiger charge is -2.14. The molecule has 1 aliphatic rings. The zero-order valence-electron chi connectivity index (χ0n) is 9.27. The van der Waals surface area contributed by atoms with Crippen LogP contribution in [0.5, 0.6) is 0 Å². The van der Waals surface area contributed by atoms with Crippen molar-refractivity contribution in [1.82, 2.24) is 14.7 Å². The van der Waals surface area contributed by atoms with Crippen molar-refractivity contribution in [2.24, 2.45) is 0 Å². The van der Waals surface area contributed by atoms with Gasteiger partial charge in [0.2, 0.25) is 0 Å². The molecule has 1 unspecified atom stereocenters. The van der Waals surface area contributed by atoms with E-state index in [1.54, 1.807) is 11.3 Å². The third-order valence-corrected chi connectivity index (χ3v) is 3.90. The molecule has 2 aromatic rings. The highest BCUT2D eigenvalue weighted by atomic mass is 32.1. The van der Waals surface area contributed by atoms with Crippen molar-refractivity contribution in [2.75, 3.05) is 19.8 Å². The second-order valence-corrected chi connectivity index (χ2v) is 4.95. The Morgan fingerprint density at radius 1 is 1.62 bits per heavy atom. The molecule has 16 heavy (non-hydrogen) atoms. The fourth-order valence-corrected chi connectivity index (χ4v) is 2.97. The van der Waals surface area contributed by atoms with Gasteiger partial charge in [0.15, 0.2) is 4.96 Å². The van der Waals surface area contributed by atoms with Gasteiger partial charge in [0.25, 0.3) is 0 Å². The van der Waals surface area contributed by atoms with E-state index in [0.717, 1.165) is 31.1 Å². The minimum atomic E-state index is 0.269. The number of thiazole rings is 1. The van der Waals surface area contributed by atoms with Gasteiger partial charge in [0.05, 0.1) is 24.5 Å². The Balaban J connectivity index is 2.00. The summed E-state index contributed by atoms with van der Waals surface area (Å²) in [7, 11) is 0. The van der Waals surface area contributed by atoms with E-state index in [1.807, 2.05) is 6.20 Å². The van der Waals surface area contributed by atoms with Gasteiger partial charge in [-0.05, 0) is 19.9 Å². The second kappa shape index (κ2) is 4.16. The predicted molar refractivity (Wildman–Crippen MR) is 64.0 cm³/mol. The van der Waals surface area contributed by atoms with Crippen LogP contribution in [-0.2, 0) is 4.74 Å². The summed E-state index contributed by atoms with van der Waals surface area (Å²) in [6, 6.07) is 0.269. The third-order valence-electron chi connectivity index (χ3n) is 2.94. The van der Waals surface area contributed by atoms with Crippen LogP contribution in [0.4, 0.5) is 0 Å². The number of ether oxygens (including phenoxy) is 1. The molecule has 0 amide bonds. The summed E-state index contributed by atoms with van der Waals surface area (Å²) in [6.07, 6.45) is 3.05. The lowest BCUT2D eigenvalue weighted by atomic mass is 10.2. The molecule has 3 rings (SSSR count). The maximum Gasteiger partial charge on any atom is 0.194 e. The van der Waals surface area contributed by atoms with E-state index in [2.05, 4.69) is 27.0 Å². The molecule has 0 aliphatic carbocycles. The maximum atomic E-state index is 5.60. The van der Waals surface area contributed by atoms with Crippen molar-refractivity contribution in [2.45, 2.75) is 19.4 Å². The molecule has 5 heteroatoms. The van der Waals surface area contributed by atoms with Crippen LogP contribution < -0.4 is 5.32 Å². The van der Waals surface area contributed by atoms with Crippen LogP contribution in [0.3, 0.4) is 0 Å². The minimum Gasteiger partial charge on any atom is -0.379 e. The van der Waals surface area contributed by atoms with Gasteiger partial charge in [-0.1, -0.05) is 0 Å². The Morgan fingerprint density at radius 3 is 3.50 bits per heavy atom. The van der Waals surface area contributed by atoms with Crippen LogP contribution in [0.15, 0.2) is 11.6 Å². The van der Waals surface area contributed by atoms with Crippen molar-refractivity contribution in [3.05, 3.63) is 23.0 Å². The van der Waals surface area contributed by atoms with E-state index < -0.39 is 0 Å². The molecule has 0 bridgehead atoms. The van der Waals surface area contributed by atoms with E-state index in [0.29, 0.717) is 0 Å². The average molecular weight is 237 g/mol. The molecule has 4 nitrogen and oxygen atoms in total. The average Bonchev–Trinajstić information content (AvgIpc) is 2.74. The molecule has 0 spiro atoms. The van der Waals surface area contributed by atoms with Crippen LogP contribution >= 0.6 is 11.3 Å². The smallest absolute Gasteiger partial charge is 0.194 e. The number of hydrogen-bond donors (Lipinski definition) is 1. The van der Waals surface area contributed by atoms with E-state index in [9.17, 15) is 0 Å². The number of aryl methyl sites for hydroxylation is 1. The lowest BCUT2D eigenvalue weighted by Crippen LogP contribution is -2.24. The number of fused-ring (bicyclic) bond motifs is 1. The van der Waals surface area contributed by atoms with Gasteiger partial charge in [0.1, 0.15) is 0 Å². The summed E-state index contributed by atoms with van der Waals surface area (Å²) < 4.78 is 7.82. The van der Waals surface area contributed by atoms with E-state index in [4.69, 9.17) is 4.74 Å². The normalized spacial score (nSPS) is 22.4. The van der Waals surface area contributed by atoms with Gasteiger partial charge in [-0.15, -0.1) is 11.3 Å². The van der Waals surface area contributed by atoms with Gasteiger partial charge in [-0.2, -0.15) is 0 Å². The molecule has 1 N–H and O–H groups in total. The molecule has 1 saturated heterocycles. The van der Waals surface area contributed by atoms with Gasteiger partial charge >= 0.3 is 0 Å². The van der Waals surface area contributed by atoms with Crippen LogP contribution in [0.25, 0.3) is 4.96 Å². The highest BCUT2D eigenvalue weighted by Gasteiger charge is 2.19. The number of nitrogens with one attached hydrogen (secondary N) is 1. The van der Waals surface area contributed by atoms with Gasteiger partial charge in [-0.25, -0.2) is 4.98 Å². The Bertz CT molecular complexity index is 482. The molecule has 86 valence electrons. The standard InChI is InChI=1S/C11H15N3OS/c1-8-7-16-11-13-5-10(14(8)11)9-6-15-4-2-3-12-9/h5,7,9,12H,2-4,6H2,1H3. The highest BCUT2D eigenvalue weighted by Crippen LogP contribution is 2.22. The predicted octanol–water partition coefficient (Wildman–Crippen LogP) is 1.76. The van der Waals surface area contributed by atoms with E-state index >= 15 is 0 Å². The molecule has 1 fully saturated rings. The maximum absolute atomic E-state index is 5.60. The Kier molecular flexibility index (Phi) is 2.67. The summed E-state index contributed by atoms with van der Waals surface area (Å²) in [4.78, 5) is 5.50. The minimum absolute atomic E-state index is 0.269. The molecule has 2 aromatic heterocycles. The van der Waals surface area contributed by atoms with Crippen LogP contribution in [0.1, 0.15) is 23.9 Å². The first-order valence-corrected chi connectivity index (χ1v) is 6.47. The van der Waals surface area contributed by atoms with Crippen molar-refractivity contribution >= 4 is 16.3 Å². The van der Waals surface area contributed by atoms with Gasteiger partial charge < -0.3 is 10.1 Å². The van der Waals surface area contributed by atoms with Crippen LogP contribution in [0.2, 0.25) is 0 Å². The SMILES string of the molecule is Cc1csc2ncc(C3COCCCN3)n12. The number of nitrogens with zero attached hydrogens (tertiary/aromatic N) is 2. The Morgan fingerprint density at radius 2 is 2.56 bits per heavy atom. The number of aromatic nitrogens is 2. The first-order chi connectivity index (χ1) is 7.86. The van der Waals surface area contributed by atoms with E-state index in [-0.39, 0.29) is 6.04 Å². The van der Waals surface area contributed by atoms with Crippen molar-refractivity contribution in [1.29, 1.82) is 0 Å². The second-order valence-electron chi connectivity index (χ2n) is 4.11. The van der Waals surface area contributed by atoms with Gasteiger partial charge in [-0.3, -0.25) is 4.40 Å². The number of hydrogen-bond acceptors (Lipinski definition) is 4. The summed E-state index contributed by atoms with van der Waals surface area (Å²) in [5.74, 6) is 0. The summed E-state index contributed by atoms with van der Waals surface area (Å²) in [5.41, 5.74) is 2.47. The zero-order valence-corrected chi connectivity index (χ0v) is 10.1. The molecule has 1 aliphatic heterocycles. The molecular weight excluding hydrogens is 222 g/mol. The summed E-state index contributed by atoms with van der Waals surface area (Å²) in [6.45, 7) is 4.73. The van der Waals surface area contributed by atoms with Crippen molar-refractivity contribution in [3.63, 3.8) is 0 Å². The largest absolute Gasteiger partial charge is 0.379 e. The number of rotatable bonds is 1. The Labute approximate surface area is 98.3 Å². The van der Waals surface area contributed by atoms with Crippen LogP contribution in [-0.4, -0.2) is 29.1 Å². The van der Waals surface area contributed by atoms with Crippen LogP contribution in [0, 0.1) is 6.92 Å². The Hall–Kier alpha value is -0.910. The highest BCUT2D eigenvalue weighted by molar-refractivity contribution is 7.15. The summed E-state index contributed by atoms with van der Waals surface area (Å²) >= 11 is 1.69. The van der Waals surface area contributed by atoms with Crippen molar-refractivity contribution in [3.8, 4) is 0 Å².